The molecule has 0 aliphatic rings. The quantitative estimate of drug-likeness (QED) is 0.264. The van der Waals surface area contributed by atoms with Gasteiger partial charge in [-0.1, -0.05) is 72.8 Å². The molecule has 0 fully saturated rings. The Labute approximate surface area is 145 Å². The van der Waals surface area contributed by atoms with Gasteiger partial charge >= 0.3 is 0 Å². The van der Waals surface area contributed by atoms with Crippen molar-refractivity contribution in [3.63, 3.8) is 0 Å². The number of aromatic nitrogens is 2. The van der Waals surface area contributed by atoms with Crippen LogP contribution in [0.3, 0.4) is 0 Å². The molecule has 0 radical (unpaired) electrons. The highest BCUT2D eigenvalue weighted by molar-refractivity contribution is 6.33. The van der Waals surface area contributed by atoms with Gasteiger partial charge < -0.3 is 0 Å². The molecule has 0 amide bonds. The first-order valence-corrected chi connectivity index (χ1v) is 8.41. The number of fused-ring (bicyclic) bond motifs is 3. The molecule has 1 N–H and O–H groups in total. The van der Waals surface area contributed by atoms with E-state index < -0.39 is 0 Å². The van der Waals surface area contributed by atoms with Gasteiger partial charge in [0, 0.05) is 12.4 Å². The number of benzene rings is 5. The van der Waals surface area contributed by atoms with Crippen LogP contribution in [0.1, 0.15) is 0 Å². The van der Waals surface area contributed by atoms with Gasteiger partial charge in [-0.05, 0) is 49.2 Å². The van der Waals surface area contributed by atoms with E-state index in [2.05, 4.69) is 83.0 Å². The highest BCUT2D eigenvalue weighted by atomic mass is 15.1. The normalized spacial score (nSPS) is 11.2. The van der Waals surface area contributed by atoms with Crippen LogP contribution in [0.5, 0.6) is 0 Å². The van der Waals surface area contributed by atoms with Crippen molar-refractivity contribution in [1.82, 2.24) is 10.2 Å². The van der Waals surface area contributed by atoms with Gasteiger partial charge in [0.1, 0.15) is 0 Å². The van der Waals surface area contributed by atoms with Crippen molar-refractivity contribution < 1.29 is 0 Å². The molecule has 6 rings (SSSR count). The minimum Gasteiger partial charge on any atom is -0.286 e. The van der Waals surface area contributed by atoms with Crippen molar-refractivity contribution in [2.24, 2.45) is 0 Å². The zero-order valence-corrected chi connectivity index (χ0v) is 13.6. The molecule has 118 valence electrons. The summed E-state index contributed by atoms with van der Waals surface area (Å²) in [6.45, 7) is 0. The van der Waals surface area contributed by atoms with Crippen molar-refractivity contribution in [2.75, 3.05) is 0 Å². The van der Waals surface area contributed by atoms with E-state index in [1.807, 2.05) is 6.07 Å². The van der Waals surface area contributed by atoms with Crippen LogP contribution < -0.4 is 0 Å². The maximum atomic E-state index is 3.60. The lowest BCUT2D eigenvalue weighted by Gasteiger charge is -2.14. The lowest BCUT2D eigenvalue weighted by molar-refractivity contribution is 1.09. The third-order valence-electron chi connectivity index (χ3n) is 4.80. The number of hydrogen-bond donors (Lipinski definition) is 1. The molecule has 2 nitrogen and oxygen atoms in total. The third kappa shape index (κ3) is 2.15. The van der Waals surface area contributed by atoms with E-state index in [1.165, 1.54) is 43.1 Å². The molecule has 0 saturated heterocycles. The van der Waals surface area contributed by atoms with Crippen LogP contribution in [-0.4, -0.2) is 10.2 Å². The molecule has 0 atom stereocenters. The van der Waals surface area contributed by atoms with Crippen LogP contribution in [0.25, 0.3) is 43.1 Å². The van der Waals surface area contributed by atoms with E-state index in [0.717, 1.165) is 0 Å². The molecular weight excluding hydrogens is 304 g/mol. The van der Waals surface area contributed by atoms with Gasteiger partial charge in [-0.2, -0.15) is 5.10 Å². The van der Waals surface area contributed by atoms with Crippen LogP contribution in [0.4, 0.5) is 0 Å². The summed E-state index contributed by atoms with van der Waals surface area (Å²) in [5.41, 5.74) is 0. The second-order valence-electron chi connectivity index (χ2n) is 6.18. The number of rotatable bonds is 0. The van der Waals surface area contributed by atoms with Gasteiger partial charge in [0.05, 0.1) is 0 Å². The van der Waals surface area contributed by atoms with Gasteiger partial charge in [0.15, 0.2) is 0 Å². The molecule has 0 bridgehead atoms. The predicted octanol–water partition coefficient (Wildman–Crippen LogP) is 6.15. The summed E-state index contributed by atoms with van der Waals surface area (Å²) in [5, 5.41) is 17.1. The topological polar surface area (TPSA) is 28.7 Å². The summed E-state index contributed by atoms with van der Waals surface area (Å²) >= 11 is 0. The van der Waals surface area contributed by atoms with Crippen molar-refractivity contribution >= 4 is 43.1 Å². The lowest BCUT2D eigenvalue weighted by Crippen LogP contribution is -1.86. The molecule has 2 heteroatoms. The predicted molar refractivity (Wildman–Crippen MR) is 106 cm³/mol. The fourth-order valence-corrected chi connectivity index (χ4v) is 3.77. The Kier molecular flexibility index (Phi) is 3.14. The van der Waals surface area contributed by atoms with Gasteiger partial charge in [-0.15, -0.1) is 0 Å². The first kappa shape index (κ1) is 14.0. The average Bonchev–Trinajstić information content (AvgIpc) is 3.27. The fraction of sp³-hybridized carbons (Fsp3) is 0. The molecule has 0 aliphatic carbocycles. The van der Waals surface area contributed by atoms with Crippen LogP contribution in [0.2, 0.25) is 0 Å². The smallest absolute Gasteiger partial charge is 0.0487 e. The summed E-state index contributed by atoms with van der Waals surface area (Å²) in [4.78, 5) is 0. The molecule has 6 aromatic rings. The van der Waals surface area contributed by atoms with Gasteiger partial charge in [-0.3, -0.25) is 5.10 Å². The molecule has 1 aromatic heterocycles. The number of aromatic amines is 1. The SMILES string of the molecule is c1ccc2c(c1)c1cccc3ccc4cccc2c4c31.c1cn[nH]c1. The molecule has 5 aromatic carbocycles. The Morgan fingerprint density at radius 1 is 0.520 bits per heavy atom. The Morgan fingerprint density at radius 3 is 1.52 bits per heavy atom. The number of hydrogen-bond acceptors (Lipinski definition) is 1. The maximum Gasteiger partial charge on any atom is 0.0487 e. The van der Waals surface area contributed by atoms with Gasteiger partial charge in [0.2, 0.25) is 0 Å². The van der Waals surface area contributed by atoms with E-state index in [-0.39, 0.29) is 0 Å². The maximum absolute atomic E-state index is 3.60. The minimum atomic E-state index is 1.33. The molecular formula is C23H16N2. The summed E-state index contributed by atoms with van der Waals surface area (Å²) in [6.07, 6.45) is 3.46. The van der Waals surface area contributed by atoms with E-state index in [9.17, 15) is 0 Å². The van der Waals surface area contributed by atoms with Crippen molar-refractivity contribution in [1.29, 1.82) is 0 Å². The third-order valence-corrected chi connectivity index (χ3v) is 4.80. The van der Waals surface area contributed by atoms with Crippen LogP contribution in [0.15, 0.2) is 91.3 Å². The van der Waals surface area contributed by atoms with Crippen LogP contribution in [0, 0.1) is 0 Å². The summed E-state index contributed by atoms with van der Waals surface area (Å²) in [7, 11) is 0. The zero-order chi connectivity index (χ0) is 16.6. The Balaban J connectivity index is 0.000000244. The van der Waals surface area contributed by atoms with Crippen LogP contribution in [-0.2, 0) is 0 Å². The largest absolute Gasteiger partial charge is 0.286 e. The summed E-state index contributed by atoms with van der Waals surface area (Å²) < 4.78 is 0. The standard InChI is InChI=1S/C20H12.C3H4N2/c1-2-8-16-15(7-1)17-9-3-5-13-11-12-14-6-4-10-18(16)20(14)19(13)17;1-2-4-5-3-1/h1-12H;1-3H,(H,4,5). The highest BCUT2D eigenvalue weighted by Crippen LogP contribution is 2.40. The minimum absolute atomic E-state index is 1.33. The molecule has 0 aliphatic heterocycles. The Hall–Kier alpha value is -3.39. The van der Waals surface area contributed by atoms with E-state index in [4.69, 9.17) is 0 Å². The lowest BCUT2D eigenvalue weighted by atomic mass is 9.89. The Morgan fingerprint density at radius 2 is 1.08 bits per heavy atom. The summed E-state index contributed by atoms with van der Waals surface area (Å²) in [6, 6.07) is 28.3. The van der Waals surface area contributed by atoms with E-state index in [0.29, 0.717) is 0 Å². The van der Waals surface area contributed by atoms with Gasteiger partial charge in [-0.25, -0.2) is 0 Å². The highest BCUT2D eigenvalue weighted by Gasteiger charge is 2.11. The molecule has 1 heterocycles. The Bertz CT molecular complexity index is 1180. The molecule has 25 heavy (non-hydrogen) atoms. The second kappa shape index (κ2) is 5.60. The van der Waals surface area contributed by atoms with Crippen molar-refractivity contribution in [2.45, 2.75) is 0 Å². The molecule has 0 spiro atoms. The first-order chi connectivity index (χ1) is 12.4. The number of nitrogens with one attached hydrogen (secondary N) is 1. The fourth-order valence-electron chi connectivity index (χ4n) is 3.77. The van der Waals surface area contributed by atoms with E-state index in [1.54, 1.807) is 12.4 Å². The molecule has 0 unspecified atom stereocenters. The number of nitrogens with zero attached hydrogens (tertiary/aromatic N) is 1. The van der Waals surface area contributed by atoms with Crippen LogP contribution >= 0.6 is 0 Å². The first-order valence-electron chi connectivity index (χ1n) is 8.41. The monoisotopic (exact) mass is 320 g/mol. The zero-order valence-electron chi connectivity index (χ0n) is 13.6. The van der Waals surface area contributed by atoms with Gasteiger partial charge in [0.25, 0.3) is 0 Å². The van der Waals surface area contributed by atoms with Crippen molar-refractivity contribution in [3.05, 3.63) is 91.3 Å². The second-order valence-corrected chi connectivity index (χ2v) is 6.18. The summed E-state index contributed by atoms with van der Waals surface area (Å²) in [5.74, 6) is 0. The van der Waals surface area contributed by atoms with E-state index >= 15 is 0 Å². The van der Waals surface area contributed by atoms with Crippen molar-refractivity contribution in [3.8, 4) is 0 Å². The molecule has 0 saturated carbocycles. The average molecular weight is 320 g/mol. The number of H-pyrrole nitrogens is 1.